The predicted molar refractivity (Wildman–Crippen MR) is 199 cm³/mol. The van der Waals surface area contributed by atoms with E-state index >= 15 is 0 Å². The minimum Gasteiger partial charge on any atom is -0.507 e. The molecular weight excluding hydrogens is 728 g/mol. The Hall–Kier alpha value is -6.70. The van der Waals surface area contributed by atoms with Crippen LogP contribution in [0.5, 0.6) is 46.0 Å². The molecule has 0 atom stereocenters. The van der Waals surface area contributed by atoms with Gasteiger partial charge in [-0.25, -0.2) is 0 Å². The summed E-state index contributed by atoms with van der Waals surface area (Å²) >= 11 is 0. The third kappa shape index (κ3) is 5.88. The van der Waals surface area contributed by atoms with Crippen molar-refractivity contribution in [2.24, 2.45) is 0 Å². The van der Waals surface area contributed by atoms with Crippen molar-refractivity contribution in [2.45, 2.75) is 65.2 Å². The fourth-order valence-corrected chi connectivity index (χ4v) is 7.47. The van der Waals surface area contributed by atoms with Gasteiger partial charge in [0.2, 0.25) is 11.6 Å². The Bertz CT molecular complexity index is 2270. The second-order valence-electron chi connectivity index (χ2n) is 13.6. The molecule has 0 aliphatic heterocycles. The standard InChI is InChI=1S/C42H38O14/c1-5-7-9-11-21(43)27-39(51)29(31-33(41(27)53)37(49)25-19(35(31)47)13-17(55-3)15-23(25)45)30-32-34(42(54)28(40(30)52)22(44)12-10-8-6-2)38(50)26-20(36(32)48)14-18(56-4)16-24(26)46/h13-16,45-46,51-54H,5-12H2,1-4H3. The summed E-state index contributed by atoms with van der Waals surface area (Å²) in [6.07, 6.45) is 2.42. The summed E-state index contributed by atoms with van der Waals surface area (Å²) < 4.78 is 10.4. The first-order valence-electron chi connectivity index (χ1n) is 18.0. The van der Waals surface area contributed by atoms with Gasteiger partial charge in [-0.05, 0) is 25.0 Å². The predicted octanol–water partition coefficient (Wildman–Crippen LogP) is 6.68. The van der Waals surface area contributed by atoms with Gasteiger partial charge in [0.1, 0.15) is 57.1 Å². The Kier molecular flexibility index (Phi) is 10.3. The molecule has 2 aliphatic carbocycles. The number of hydrogen-bond donors (Lipinski definition) is 6. The molecule has 0 aromatic heterocycles. The fraction of sp³-hybridized carbons (Fsp3) is 0.286. The largest absolute Gasteiger partial charge is 0.507 e. The lowest BCUT2D eigenvalue weighted by Crippen LogP contribution is -2.26. The Morgan fingerprint density at radius 1 is 0.464 bits per heavy atom. The van der Waals surface area contributed by atoms with Gasteiger partial charge in [0.15, 0.2) is 23.1 Å². The van der Waals surface area contributed by atoms with Gasteiger partial charge in [-0.2, -0.15) is 0 Å². The van der Waals surface area contributed by atoms with Gasteiger partial charge in [0.05, 0.1) is 36.5 Å². The second-order valence-corrected chi connectivity index (χ2v) is 13.6. The zero-order valence-electron chi connectivity index (χ0n) is 30.9. The maximum atomic E-state index is 14.7. The number of fused-ring (bicyclic) bond motifs is 4. The molecule has 0 spiro atoms. The van der Waals surface area contributed by atoms with Crippen LogP contribution in [-0.4, -0.2) is 79.6 Å². The number of Topliss-reactive ketones (excluding diaryl/α,β-unsaturated/α-hetero) is 2. The highest BCUT2D eigenvalue weighted by molar-refractivity contribution is 6.37. The molecule has 0 bridgehead atoms. The van der Waals surface area contributed by atoms with E-state index in [0.717, 1.165) is 24.3 Å². The van der Waals surface area contributed by atoms with Crippen molar-refractivity contribution in [3.8, 4) is 57.1 Å². The number of carbonyl (C=O) groups is 6. The highest BCUT2D eigenvalue weighted by Gasteiger charge is 2.46. The number of ether oxygens (including phenoxy) is 2. The quantitative estimate of drug-likeness (QED) is 0.0531. The van der Waals surface area contributed by atoms with E-state index in [2.05, 4.69) is 0 Å². The Morgan fingerprint density at radius 2 is 0.804 bits per heavy atom. The number of phenols is 6. The fourth-order valence-electron chi connectivity index (χ4n) is 7.47. The number of ketones is 6. The van der Waals surface area contributed by atoms with Gasteiger partial charge in [0, 0.05) is 58.4 Å². The molecule has 14 nitrogen and oxygen atoms in total. The van der Waals surface area contributed by atoms with E-state index in [1.165, 1.54) is 14.2 Å². The summed E-state index contributed by atoms with van der Waals surface area (Å²) in [6.45, 7) is 3.73. The average molecular weight is 767 g/mol. The Labute approximate surface area is 319 Å². The van der Waals surface area contributed by atoms with Crippen molar-refractivity contribution in [1.82, 2.24) is 0 Å². The lowest BCUT2D eigenvalue weighted by atomic mass is 9.73. The summed E-state index contributed by atoms with van der Waals surface area (Å²) in [5.74, 6) is -12.8. The van der Waals surface area contributed by atoms with Crippen LogP contribution in [0.2, 0.25) is 0 Å². The third-order valence-corrected chi connectivity index (χ3v) is 10.2. The molecule has 6 N–H and O–H groups in total. The number of benzene rings is 4. The molecule has 6 rings (SSSR count). The highest BCUT2D eigenvalue weighted by Crippen LogP contribution is 2.56. The molecule has 0 saturated heterocycles. The molecule has 0 fully saturated rings. The maximum absolute atomic E-state index is 14.7. The summed E-state index contributed by atoms with van der Waals surface area (Å²) in [7, 11) is 2.44. The molecule has 0 radical (unpaired) electrons. The SMILES string of the molecule is CCCCCC(=O)c1c(O)c2c(c(-c3c(O)c(C(=O)CCCCC)c(O)c4c3C(=O)c3cc(OC)cc(O)c3C4=O)c1O)C(=O)c1cc(OC)cc(O)c1C2=O. The van der Waals surface area contributed by atoms with E-state index in [1.54, 1.807) is 0 Å². The zero-order valence-corrected chi connectivity index (χ0v) is 30.9. The smallest absolute Gasteiger partial charge is 0.202 e. The molecule has 56 heavy (non-hydrogen) atoms. The van der Waals surface area contributed by atoms with Crippen LogP contribution in [0.3, 0.4) is 0 Å². The average Bonchev–Trinajstić information content (AvgIpc) is 3.15. The molecule has 2 aliphatic rings. The van der Waals surface area contributed by atoms with Gasteiger partial charge in [-0.1, -0.05) is 39.5 Å². The number of phenolic OH excluding ortho intramolecular Hbond substituents is 6. The first kappa shape index (κ1) is 39.0. The molecule has 0 saturated carbocycles. The molecule has 290 valence electrons. The zero-order chi connectivity index (χ0) is 40.9. The van der Waals surface area contributed by atoms with Crippen LogP contribution in [0.1, 0.15) is 150 Å². The number of hydrogen-bond acceptors (Lipinski definition) is 14. The molecule has 14 heteroatoms. The van der Waals surface area contributed by atoms with E-state index in [-0.39, 0.29) is 37.2 Å². The number of methoxy groups -OCH3 is 2. The Morgan fingerprint density at radius 3 is 1.12 bits per heavy atom. The highest BCUT2D eigenvalue weighted by atomic mass is 16.5. The summed E-state index contributed by atoms with van der Waals surface area (Å²) in [5, 5.41) is 69.5. The number of aromatic hydroxyl groups is 6. The summed E-state index contributed by atoms with van der Waals surface area (Å²) in [6, 6.07) is 4.26. The van der Waals surface area contributed by atoms with Gasteiger partial charge in [0.25, 0.3) is 0 Å². The third-order valence-electron chi connectivity index (χ3n) is 10.2. The monoisotopic (exact) mass is 766 g/mol. The minimum absolute atomic E-state index is 0.0838. The van der Waals surface area contributed by atoms with Gasteiger partial charge >= 0.3 is 0 Å². The van der Waals surface area contributed by atoms with E-state index in [4.69, 9.17) is 9.47 Å². The summed E-state index contributed by atoms with van der Waals surface area (Å²) in [4.78, 5) is 85.7. The van der Waals surface area contributed by atoms with E-state index in [1.807, 2.05) is 13.8 Å². The van der Waals surface area contributed by atoms with Crippen LogP contribution in [0.15, 0.2) is 24.3 Å². The lowest BCUT2D eigenvalue weighted by Gasteiger charge is -2.29. The van der Waals surface area contributed by atoms with E-state index in [9.17, 15) is 59.4 Å². The van der Waals surface area contributed by atoms with Crippen LogP contribution < -0.4 is 9.47 Å². The Balaban J connectivity index is 1.82. The topological polar surface area (TPSA) is 242 Å². The number of unbranched alkanes of at least 4 members (excludes halogenated alkanes) is 4. The van der Waals surface area contributed by atoms with Crippen molar-refractivity contribution < 1.29 is 68.9 Å². The van der Waals surface area contributed by atoms with Crippen molar-refractivity contribution in [2.75, 3.05) is 14.2 Å². The first-order chi connectivity index (χ1) is 26.7. The molecule has 4 aromatic carbocycles. The molecule has 0 unspecified atom stereocenters. The lowest BCUT2D eigenvalue weighted by molar-refractivity contribution is 0.0956. The van der Waals surface area contributed by atoms with Crippen LogP contribution >= 0.6 is 0 Å². The number of rotatable bonds is 13. The van der Waals surface area contributed by atoms with Gasteiger partial charge in [-0.3, -0.25) is 28.8 Å². The molecular formula is C42H38O14. The van der Waals surface area contributed by atoms with Crippen molar-refractivity contribution in [1.29, 1.82) is 0 Å². The first-order valence-corrected chi connectivity index (χ1v) is 18.0. The number of carbonyl (C=O) groups excluding carboxylic acids is 6. The van der Waals surface area contributed by atoms with E-state index < -0.39 is 136 Å². The van der Waals surface area contributed by atoms with Gasteiger partial charge in [-0.15, -0.1) is 0 Å². The summed E-state index contributed by atoms with van der Waals surface area (Å²) in [5.41, 5.74) is -9.20. The maximum Gasteiger partial charge on any atom is 0.202 e. The van der Waals surface area contributed by atoms with Crippen LogP contribution in [-0.2, 0) is 0 Å². The molecule has 4 aromatic rings. The van der Waals surface area contributed by atoms with Crippen LogP contribution in [0.25, 0.3) is 11.1 Å². The van der Waals surface area contributed by atoms with Crippen molar-refractivity contribution in [3.63, 3.8) is 0 Å². The van der Waals surface area contributed by atoms with Crippen molar-refractivity contribution in [3.05, 3.63) is 79.9 Å². The van der Waals surface area contributed by atoms with Crippen molar-refractivity contribution >= 4 is 34.7 Å². The van der Waals surface area contributed by atoms with Crippen LogP contribution in [0, 0.1) is 0 Å². The van der Waals surface area contributed by atoms with E-state index in [0.29, 0.717) is 25.7 Å². The normalized spacial score (nSPS) is 12.9. The molecule has 0 amide bonds. The second kappa shape index (κ2) is 14.9. The molecule has 0 heterocycles. The van der Waals surface area contributed by atoms with Crippen LogP contribution in [0.4, 0.5) is 0 Å². The minimum atomic E-state index is -1.19. The van der Waals surface area contributed by atoms with Gasteiger partial charge < -0.3 is 40.1 Å².